The number of nitrogens with one attached hydrogen (secondary N) is 1. The van der Waals surface area contributed by atoms with E-state index in [1.165, 1.54) is 19.2 Å². The Labute approximate surface area is 109 Å². The number of halogens is 1. The summed E-state index contributed by atoms with van der Waals surface area (Å²) in [6, 6.07) is 6.49. The fourth-order valence-corrected chi connectivity index (χ4v) is 1.51. The summed E-state index contributed by atoms with van der Waals surface area (Å²) in [5.74, 6) is 0.203. The number of ether oxygens (including phenoxy) is 1. The first kappa shape index (κ1) is 13.0. The SMILES string of the molecule is COc1nc(N)nc(NCCc2ccc(F)cc2)n1. The van der Waals surface area contributed by atoms with Crippen molar-refractivity contribution < 1.29 is 9.13 Å². The van der Waals surface area contributed by atoms with Gasteiger partial charge in [-0.05, 0) is 24.1 Å². The average molecular weight is 263 g/mol. The number of anilines is 2. The maximum absolute atomic E-state index is 12.7. The molecule has 0 bridgehead atoms. The van der Waals surface area contributed by atoms with E-state index in [2.05, 4.69) is 20.3 Å². The lowest BCUT2D eigenvalue weighted by molar-refractivity contribution is 0.379. The van der Waals surface area contributed by atoms with Crippen molar-refractivity contribution >= 4 is 11.9 Å². The van der Waals surface area contributed by atoms with Crippen LogP contribution >= 0.6 is 0 Å². The Balaban J connectivity index is 1.92. The predicted octanol–water partition coefficient (Wildman–Crippen LogP) is 1.26. The molecule has 0 aliphatic rings. The fourth-order valence-electron chi connectivity index (χ4n) is 1.51. The van der Waals surface area contributed by atoms with E-state index in [4.69, 9.17) is 10.5 Å². The molecule has 0 saturated carbocycles. The lowest BCUT2D eigenvalue weighted by Gasteiger charge is -2.06. The molecule has 0 saturated heterocycles. The molecule has 2 rings (SSSR count). The van der Waals surface area contributed by atoms with Crippen molar-refractivity contribution in [2.24, 2.45) is 0 Å². The summed E-state index contributed by atoms with van der Waals surface area (Å²) in [5, 5.41) is 3.01. The molecule has 0 unspecified atom stereocenters. The molecule has 0 spiro atoms. The lowest BCUT2D eigenvalue weighted by Crippen LogP contribution is -2.11. The Morgan fingerprint density at radius 2 is 1.95 bits per heavy atom. The predicted molar refractivity (Wildman–Crippen MR) is 69.4 cm³/mol. The second-order valence-corrected chi connectivity index (χ2v) is 3.81. The Bertz CT molecular complexity index is 546. The van der Waals surface area contributed by atoms with Crippen LogP contribution in [-0.4, -0.2) is 28.6 Å². The van der Waals surface area contributed by atoms with Crippen LogP contribution in [0.3, 0.4) is 0 Å². The minimum atomic E-state index is -0.244. The largest absolute Gasteiger partial charge is 0.467 e. The zero-order valence-corrected chi connectivity index (χ0v) is 10.4. The fraction of sp³-hybridized carbons (Fsp3) is 0.250. The topological polar surface area (TPSA) is 86.0 Å². The first-order valence-corrected chi connectivity index (χ1v) is 5.71. The number of hydrogen-bond donors (Lipinski definition) is 2. The first-order chi connectivity index (χ1) is 9.17. The molecule has 0 aliphatic heterocycles. The van der Waals surface area contributed by atoms with Gasteiger partial charge in [-0.1, -0.05) is 12.1 Å². The molecule has 6 nitrogen and oxygen atoms in total. The summed E-state index contributed by atoms with van der Waals surface area (Å²) in [6.45, 7) is 0.595. The molecule has 3 N–H and O–H groups in total. The molecular weight excluding hydrogens is 249 g/mol. The number of benzene rings is 1. The summed E-state index contributed by atoms with van der Waals surface area (Å²) in [5.41, 5.74) is 6.53. The second kappa shape index (κ2) is 5.94. The summed E-state index contributed by atoms with van der Waals surface area (Å²) < 4.78 is 17.6. The Morgan fingerprint density at radius 3 is 2.63 bits per heavy atom. The van der Waals surface area contributed by atoms with Crippen molar-refractivity contribution in [3.8, 4) is 6.01 Å². The van der Waals surface area contributed by atoms with Crippen molar-refractivity contribution in [3.63, 3.8) is 0 Å². The summed E-state index contributed by atoms with van der Waals surface area (Å²) in [4.78, 5) is 11.7. The number of methoxy groups -OCH3 is 1. The third-order valence-electron chi connectivity index (χ3n) is 2.42. The Kier molecular flexibility index (Phi) is 4.07. The van der Waals surface area contributed by atoms with Gasteiger partial charge in [0.2, 0.25) is 11.9 Å². The zero-order valence-electron chi connectivity index (χ0n) is 10.4. The molecule has 0 fully saturated rings. The van der Waals surface area contributed by atoms with Crippen molar-refractivity contribution in [1.82, 2.24) is 15.0 Å². The van der Waals surface area contributed by atoms with E-state index in [0.717, 1.165) is 5.56 Å². The van der Waals surface area contributed by atoms with Gasteiger partial charge in [-0.3, -0.25) is 0 Å². The van der Waals surface area contributed by atoms with E-state index in [1.54, 1.807) is 12.1 Å². The minimum absolute atomic E-state index is 0.0936. The maximum Gasteiger partial charge on any atom is 0.322 e. The van der Waals surface area contributed by atoms with Crippen LogP contribution in [0.1, 0.15) is 5.56 Å². The highest BCUT2D eigenvalue weighted by Gasteiger charge is 2.03. The van der Waals surface area contributed by atoms with Crippen molar-refractivity contribution in [1.29, 1.82) is 0 Å². The smallest absolute Gasteiger partial charge is 0.322 e. The Hall–Kier alpha value is -2.44. The highest BCUT2D eigenvalue weighted by molar-refractivity contribution is 5.32. The van der Waals surface area contributed by atoms with E-state index in [1.807, 2.05) is 0 Å². The minimum Gasteiger partial charge on any atom is -0.467 e. The van der Waals surface area contributed by atoms with E-state index in [9.17, 15) is 4.39 Å². The molecule has 0 atom stereocenters. The summed E-state index contributed by atoms with van der Waals surface area (Å²) in [7, 11) is 1.46. The molecule has 1 aromatic carbocycles. The molecule has 7 heteroatoms. The van der Waals surface area contributed by atoms with Crippen LogP contribution in [0.4, 0.5) is 16.3 Å². The van der Waals surface area contributed by atoms with Gasteiger partial charge in [-0.25, -0.2) is 4.39 Å². The van der Waals surface area contributed by atoms with Crippen LogP contribution in [0.25, 0.3) is 0 Å². The third-order valence-corrected chi connectivity index (χ3v) is 2.42. The highest BCUT2D eigenvalue weighted by atomic mass is 19.1. The van der Waals surface area contributed by atoms with Gasteiger partial charge in [-0.2, -0.15) is 15.0 Å². The van der Waals surface area contributed by atoms with Gasteiger partial charge in [0.1, 0.15) is 5.82 Å². The van der Waals surface area contributed by atoms with E-state index in [-0.39, 0.29) is 17.8 Å². The van der Waals surface area contributed by atoms with E-state index >= 15 is 0 Å². The molecule has 0 amide bonds. The van der Waals surface area contributed by atoms with Crippen molar-refractivity contribution in [2.75, 3.05) is 24.7 Å². The number of nitrogens with zero attached hydrogens (tertiary/aromatic N) is 3. The van der Waals surface area contributed by atoms with Gasteiger partial charge in [0.25, 0.3) is 0 Å². The van der Waals surface area contributed by atoms with Crippen LogP contribution in [-0.2, 0) is 6.42 Å². The molecule has 0 aliphatic carbocycles. The van der Waals surface area contributed by atoms with E-state index in [0.29, 0.717) is 18.9 Å². The molecule has 1 aromatic heterocycles. The highest BCUT2D eigenvalue weighted by Crippen LogP contribution is 2.08. The molecule has 0 radical (unpaired) electrons. The van der Waals surface area contributed by atoms with Crippen molar-refractivity contribution in [3.05, 3.63) is 35.6 Å². The second-order valence-electron chi connectivity index (χ2n) is 3.81. The number of nitrogens with two attached hydrogens (primary N) is 1. The normalized spacial score (nSPS) is 10.2. The van der Waals surface area contributed by atoms with Gasteiger partial charge in [-0.15, -0.1) is 0 Å². The zero-order chi connectivity index (χ0) is 13.7. The molecule has 1 heterocycles. The van der Waals surface area contributed by atoms with Gasteiger partial charge in [0, 0.05) is 6.54 Å². The lowest BCUT2D eigenvalue weighted by atomic mass is 10.1. The third kappa shape index (κ3) is 3.77. The van der Waals surface area contributed by atoms with Crippen LogP contribution in [0, 0.1) is 5.82 Å². The standard InChI is InChI=1S/C12H14FN5O/c1-19-12-17-10(14)16-11(18-12)15-7-6-8-2-4-9(13)5-3-8/h2-5H,6-7H2,1H3,(H3,14,15,16,17,18). The number of hydrogen-bond acceptors (Lipinski definition) is 6. The molecular formula is C12H14FN5O. The number of aromatic nitrogens is 3. The number of rotatable bonds is 5. The molecule has 19 heavy (non-hydrogen) atoms. The quantitative estimate of drug-likeness (QED) is 0.844. The van der Waals surface area contributed by atoms with Crippen LogP contribution < -0.4 is 15.8 Å². The van der Waals surface area contributed by atoms with E-state index < -0.39 is 0 Å². The van der Waals surface area contributed by atoms with Gasteiger partial charge >= 0.3 is 6.01 Å². The van der Waals surface area contributed by atoms with Gasteiger partial charge < -0.3 is 15.8 Å². The monoisotopic (exact) mass is 263 g/mol. The van der Waals surface area contributed by atoms with Crippen LogP contribution in [0.2, 0.25) is 0 Å². The molecule has 2 aromatic rings. The average Bonchev–Trinajstić information content (AvgIpc) is 2.40. The summed E-state index contributed by atoms with van der Waals surface area (Å²) in [6.07, 6.45) is 0.716. The Morgan fingerprint density at radius 1 is 1.21 bits per heavy atom. The van der Waals surface area contributed by atoms with Crippen LogP contribution in [0.5, 0.6) is 6.01 Å². The summed E-state index contributed by atoms with van der Waals surface area (Å²) >= 11 is 0. The first-order valence-electron chi connectivity index (χ1n) is 5.71. The van der Waals surface area contributed by atoms with Crippen LogP contribution in [0.15, 0.2) is 24.3 Å². The maximum atomic E-state index is 12.7. The van der Waals surface area contributed by atoms with Crippen molar-refractivity contribution in [2.45, 2.75) is 6.42 Å². The van der Waals surface area contributed by atoms with Gasteiger partial charge in [0.05, 0.1) is 7.11 Å². The number of nitrogen functional groups attached to an aromatic ring is 1. The van der Waals surface area contributed by atoms with Gasteiger partial charge in [0.15, 0.2) is 0 Å². The molecule has 100 valence electrons.